The first-order chi connectivity index (χ1) is 26.8. The zero-order valence-corrected chi connectivity index (χ0v) is 36.4. The van der Waals surface area contributed by atoms with Gasteiger partial charge in [-0.2, -0.15) is 0 Å². The molecule has 58 heavy (non-hydrogen) atoms. The van der Waals surface area contributed by atoms with Crippen LogP contribution in [0, 0.1) is 47.3 Å². The summed E-state index contributed by atoms with van der Waals surface area (Å²) in [7, 11) is 0. The maximum absolute atomic E-state index is 14.0. The molecule has 0 radical (unpaired) electrons. The number of fused-ring (bicyclic) bond motifs is 2. The summed E-state index contributed by atoms with van der Waals surface area (Å²) in [6.45, 7) is 17.4. The van der Waals surface area contributed by atoms with Crippen LogP contribution in [0.25, 0.3) is 0 Å². The fourth-order valence-corrected chi connectivity index (χ4v) is 8.94. The molecule has 0 aromatic heterocycles. The summed E-state index contributed by atoms with van der Waals surface area (Å²) in [5, 5.41) is 67.3. The Hall–Kier alpha value is -2.62. The first-order valence-corrected chi connectivity index (χ1v) is 21.2. The number of allylic oxidation sites excluding steroid dienone is 4. The Morgan fingerprint density at radius 1 is 0.828 bits per heavy atom. The molecule has 0 amide bonds. The number of hydrogen-bond acceptors (Lipinski definition) is 13. The SMILES string of the molecule is CC[C@H]1/C=C\C=C/C[C@@H](C)[C@H](O)[C@](C)(O)C(=O)[C@@H](C)[C@@H](O)[C@H](C)C(=O)[C@H](C)[C@@H](O)[C@H](C)/C=C\C(=O)O[C@H]2[C@H](C)[C@@H](CC1)O[C@@]1(O[C@@H](C[C@@H](C)O)[C@@H](C)CC1=O)[C@@]2(C)O. The first kappa shape index (κ1) is 49.7. The summed E-state index contributed by atoms with van der Waals surface area (Å²) in [6, 6.07) is 0. The Bertz CT molecular complexity index is 1510. The monoisotopic (exact) mass is 820 g/mol. The number of ketones is 3. The van der Waals surface area contributed by atoms with Crippen LogP contribution in [0.4, 0.5) is 0 Å². The lowest BCUT2D eigenvalue weighted by Gasteiger charge is -2.57. The third-order valence-corrected chi connectivity index (χ3v) is 13.3. The number of Topliss-reactive ketones (excluding diaryl/α,β-unsaturated/α-hetero) is 3. The molecule has 6 N–H and O–H groups in total. The van der Waals surface area contributed by atoms with Crippen molar-refractivity contribution in [3.8, 4) is 0 Å². The van der Waals surface area contributed by atoms with Gasteiger partial charge in [-0.15, -0.1) is 0 Å². The van der Waals surface area contributed by atoms with Gasteiger partial charge in [-0.25, -0.2) is 4.79 Å². The minimum absolute atomic E-state index is 0.00618. The molecule has 0 aromatic rings. The van der Waals surface area contributed by atoms with Gasteiger partial charge in [0.1, 0.15) is 17.5 Å². The summed E-state index contributed by atoms with van der Waals surface area (Å²) >= 11 is 0. The van der Waals surface area contributed by atoms with E-state index in [1.807, 2.05) is 38.2 Å². The standard InChI is InChI=1S/C45H72O13/c1-12-32-17-15-13-14-16-25(3)40(52)43(10,54)41(53)31(9)39(51)30(8)38(50)29(7)37(49)24(2)18-21-36(48)56-42-28(6)33(20-19-32)57-45(44(42,11)55)35(47)22-26(4)34(58-45)23-27(5)46/h13-15,17-18,21,24-34,37,39-40,42,46,49,51-52,54-55H,12,16,19-20,22-23H2,1-11H3/b14-13-,17-15-,21-18-/t24-,25-,26+,27-,28-,29-,30-,31+,32+,33-,34+,37+,39+,40+,42+,43+,44+,45+/m1/s1. The molecule has 18 atom stereocenters. The molecule has 0 aromatic carbocycles. The number of carbonyl (C=O) groups excluding carboxylic acids is 4. The third kappa shape index (κ3) is 10.8. The summed E-state index contributed by atoms with van der Waals surface area (Å²) in [5.74, 6) is -10.5. The lowest BCUT2D eigenvalue weighted by atomic mass is 9.71. The predicted molar refractivity (Wildman–Crippen MR) is 217 cm³/mol. The lowest BCUT2D eigenvalue weighted by molar-refractivity contribution is -0.388. The molecule has 330 valence electrons. The molecule has 1 spiro atoms. The molecule has 3 aliphatic rings. The fourth-order valence-electron chi connectivity index (χ4n) is 8.94. The van der Waals surface area contributed by atoms with E-state index >= 15 is 0 Å². The van der Waals surface area contributed by atoms with Gasteiger partial charge in [-0.3, -0.25) is 14.4 Å². The fraction of sp³-hybridized carbons (Fsp3) is 0.778. The molecule has 2 saturated heterocycles. The van der Waals surface area contributed by atoms with Crippen LogP contribution < -0.4 is 0 Å². The molecule has 0 unspecified atom stereocenters. The first-order valence-electron chi connectivity index (χ1n) is 21.2. The highest BCUT2D eigenvalue weighted by atomic mass is 16.7. The average molecular weight is 821 g/mol. The molecule has 0 saturated carbocycles. The number of ether oxygens (including phenoxy) is 3. The largest absolute Gasteiger partial charge is 0.456 e. The van der Waals surface area contributed by atoms with Crippen LogP contribution >= 0.6 is 0 Å². The molecule has 13 nitrogen and oxygen atoms in total. The third-order valence-electron chi connectivity index (χ3n) is 13.3. The van der Waals surface area contributed by atoms with E-state index in [0.29, 0.717) is 19.3 Å². The molecule has 3 aliphatic heterocycles. The Morgan fingerprint density at radius 3 is 2.05 bits per heavy atom. The van der Waals surface area contributed by atoms with Crippen LogP contribution in [-0.4, -0.2) is 114 Å². The normalized spacial score (nSPS) is 46.9. The molecular formula is C45H72O13. The van der Waals surface area contributed by atoms with E-state index < -0.39 is 119 Å². The molecule has 13 heteroatoms. The van der Waals surface area contributed by atoms with Crippen molar-refractivity contribution >= 4 is 23.3 Å². The number of aliphatic hydroxyl groups is 6. The lowest BCUT2D eigenvalue weighted by Crippen LogP contribution is -2.75. The van der Waals surface area contributed by atoms with Crippen molar-refractivity contribution in [1.29, 1.82) is 0 Å². The van der Waals surface area contributed by atoms with E-state index in [1.54, 1.807) is 27.7 Å². The van der Waals surface area contributed by atoms with E-state index in [0.717, 1.165) is 12.5 Å². The van der Waals surface area contributed by atoms with Gasteiger partial charge in [0, 0.05) is 42.1 Å². The Kier molecular flexibility index (Phi) is 17.4. The second-order valence-electron chi connectivity index (χ2n) is 18.2. The highest BCUT2D eigenvalue weighted by Crippen LogP contribution is 2.49. The highest BCUT2D eigenvalue weighted by molar-refractivity contribution is 5.91. The van der Waals surface area contributed by atoms with Gasteiger partial charge in [0.05, 0.1) is 36.6 Å². The van der Waals surface area contributed by atoms with Gasteiger partial charge in [-0.05, 0) is 70.6 Å². The Labute approximate surface area is 344 Å². The second-order valence-corrected chi connectivity index (χ2v) is 18.2. The van der Waals surface area contributed by atoms with Gasteiger partial charge in [-0.1, -0.05) is 85.8 Å². The van der Waals surface area contributed by atoms with Crippen LogP contribution in [0.5, 0.6) is 0 Å². The number of carbonyl (C=O) groups is 4. The van der Waals surface area contributed by atoms with E-state index in [1.165, 1.54) is 40.7 Å². The van der Waals surface area contributed by atoms with Crippen molar-refractivity contribution in [2.24, 2.45) is 47.3 Å². The van der Waals surface area contributed by atoms with Gasteiger partial charge in [0.25, 0.3) is 5.79 Å². The summed E-state index contributed by atoms with van der Waals surface area (Å²) in [6.07, 6.45) is 4.55. The van der Waals surface area contributed by atoms with E-state index in [4.69, 9.17) is 14.2 Å². The van der Waals surface area contributed by atoms with Crippen molar-refractivity contribution in [3.63, 3.8) is 0 Å². The number of aliphatic hydroxyl groups excluding tert-OH is 4. The topological polar surface area (TPSA) is 217 Å². The van der Waals surface area contributed by atoms with Gasteiger partial charge in [0.15, 0.2) is 17.2 Å². The molecule has 0 aliphatic carbocycles. The predicted octanol–water partition coefficient (Wildman–Crippen LogP) is 4.18. The molecule has 2 bridgehead atoms. The zero-order valence-electron chi connectivity index (χ0n) is 36.4. The molecule has 2 fully saturated rings. The summed E-state index contributed by atoms with van der Waals surface area (Å²) < 4.78 is 19.0. The van der Waals surface area contributed by atoms with Crippen LogP contribution in [0.2, 0.25) is 0 Å². The van der Waals surface area contributed by atoms with E-state index in [9.17, 15) is 49.8 Å². The van der Waals surface area contributed by atoms with Gasteiger partial charge < -0.3 is 44.8 Å². The van der Waals surface area contributed by atoms with Crippen molar-refractivity contribution < 1.29 is 64.0 Å². The van der Waals surface area contributed by atoms with Crippen LogP contribution in [0.3, 0.4) is 0 Å². The molecule has 3 rings (SSSR count). The second kappa shape index (κ2) is 20.3. The van der Waals surface area contributed by atoms with Crippen LogP contribution in [0.1, 0.15) is 115 Å². The maximum Gasteiger partial charge on any atom is 0.330 e. The summed E-state index contributed by atoms with van der Waals surface area (Å²) in [5.41, 5.74) is -4.38. The van der Waals surface area contributed by atoms with E-state index in [2.05, 4.69) is 0 Å². The van der Waals surface area contributed by atoms with Gasteiger partial charge >= 0.3 is 5.97 Å². The van der Waals surface area contributed by atoms with Crippen LogP contribution in [-0.2, 0) is 33.4 Å². The highest BCUT2D eigenvalue weighted by Gasteiger charge is 2.69. The van der Waals surface area contributed by atoms with Gasteiger partial charge in [0.2, 0.25) is 0 Å². The molecule has 3 heterocycles. The smallest absolute Gasteiger partial charge is 0.330 e. The minimum Gasteiger partial charge on any atom is -0.456 e. The van der Waals surface area contributed by atoms with E-state index in [-0.39, 0.29) is 24.7 Å². The van der Waals surface area contributed by atoms with Crippen LogP contribution in [0.15, 0.2) is 36.5 Å². The zero-order chi connectivity index (χ0) is 44.1. The van der Waals surface area contributed by atoms with Crippen molar-refractivity contribution in [2.75, 3.05) is 0 Å². The summed E-state index contributed by atoms with van der Waals surface area (Å²) in [4.78, 5) is 54.6. The maximum atomic E-state index is 14.0. The Morgan fingerprint density at radius 2 is 1.45 bits per heavy atom. The number of hydrogen-bond donors (Lipinski definition) is 6. The van der Waals surface area contributed by atoms with Crippen molar-refractivity contribution in [3.05, 3.63) is 36.5 Å². The quantitative estimate of drug-likeness (QED) is 0.221. The number of esters is 1. The van der Waals surface area contributed by atoms with Crippen molar-refractivity contribution in [2.45, 2.75) is 174 Å². The van der Waals surface area contributed by atoms with Crippen molar-refractivity contribution in [1.82, 2.24) is 0 Å². The minimum atomic E-state index is -2.23. The number of rotatable bonds is 3. The molecular weight excluding hydrogens is 748 g/mol. The average Bonchev–Trinajstić information content (AvgIpc) is 3.16. The Balaban J connectivity index is 2.06.